The van der Waals surface area contributed by atoms with Gasteiger partial charge in [-0.15, -0.1) is 0 Å². The SMILES string of the molecule is NCc1ccc(=O)n(Cc2ccc(F)cc2)c1. The van der Waals surface area contributed by atoms with Crippen molar-refractivity contribution in [3.05, 3.63) is 69.9 Å². The number of hydrogen-bond acceptors (Lipinski definition) is 2. The molecule has 2 N–H and O–H groups in total. The van der Waals surface area contributed by atoms with Gasteiger partial charge in [-0.25, -0.2) is 4.39 Å². The summed E-state index contributed by atoms with van der Waals surface area (Å²) in [5.41, 5.74) is 7.20. The Morgan fingerprint density at radius 2 is 1.71 bits per heavy atom. The van der Waals surface area contributed by atoms with Crippen molar-refractivity contribution < 1.29 is 4.39 Å². The Labute approximate surface area is 98.3 Å². The van der Waals surface area contributed by atoms with Crippen molar-refractivity contribution in [1.29, 1.82) is 0 Å². The summed E-state index contributed by atoms with van der Waals surface area (Å²) < 4.78 is 14.3. The average Bonchev–Trinajstić information content (AvgIpc) is 2.35. The Morgan fingerprint density at radius 3 is 2.35 bits per heavy atom. The lowest BCUT2D eigenvalue weighted by atomic mass is 10.2. The minimum Gasteiger partial charge on any atom is -0.326 e. The minimum absolute atomic E-state index is 0.0912. The molecule has 0 spiro atoms. The van der Waals surface area contributed by atoms with Gasteiger partial charge in [0.05, 0.1) is 6.54 Å². The van der Waals surface area contributed by atoms with Crippen LogP contribution in [0.25, 0.3) is 0 Å². The molecule has 0 saturated heterocycles. The van der Waals surface area contributed by atoms with Gasteiger partial charge in [-0.05, 0) is 23.3 Å². The van der Waals surface area contributed by atoms with Crippen LogP contribution >= 0.6 is 0 Å². The van der Waals surface area contributed by atoms with Crippen LogP contribution in [0.3, 0.4) is 0 Å². The summed E-state index contributed by atoms with van der Waals surface area (Å²) in [7, 11) is 0. The summed E-state index contributed by atoms with van der Waals surface area (Å²) in [4.78, 5) is 11.6. The lowest BCUT2D eigenvalue weighted by Gasteiger charge is -2.07. The van der Waals surface area contributed by atoms with Crippen LogP contribution in [0.4, 0.5) is 4.39 Å². The maximum absolute atomic E-state index is 12.7. The lowest BCUT2D eigenvalue weighted by molar-refractivity contribution is 0.626. The molecule has 88 valence electrons. The van der Waals surface area contributed by atoms with Gasteiger partial charge in [-0.1, -0.05) is 18.2 Å². The maximum Gasteiger partial charge on any atom is 0.250 e. The molecule has 0 amide bonds. The molecule has 0 aliphatic heterocycles. The van der Waals surface area contributed by atoms with Crippen LogP contribution in [0.2, 0.25) is 0 Å². The fourth-order valence-corrected chi connectivity index (χ4v) is 1.61. The standard InChI is InChI=1S/C13H13FN2O/c14-12-4-1-10(2-5-12)8-16-9-11(7-15)3-6-13(16)17/h1-6,9H,7-8,15H2. The van der Waals surface area contributed by atoms with Gasteiger partial charge in [-0.3, -0.25) is 4.79 Å². The topological polar surface area (TPSA) is 48.0 Å². The molecule has 0 unspecified atom stereocenters. The Morgan fingerprint density at radius 1 is 1.06 bits per heavy atom. The second-order valence-corrected chi connectivity index (χ2v) is 3.83. The lowest BCUT2D eigenvalue weighted by Crippen LogP contribution is -2.20. The molecule has 0 atom stereocenters. The van der Waals surface area contributed by atoms with Crippen LogP contribution in [0.1, 0.15) is 11.1 Å². The van der Waals surface area contributed by atoms with E-state index in [0.29, 0.717) is 13.1 Å². The molecule has 2 aromatic rings. The summed E-state index contributed by atoms with van der Waals surface area (Å²) in [6, 6.07) is 9.29. The highest BCUT2D eigenvalue weighted by molar-refractivity contribution is 5.18. The molecule has 0 saturated carbocycles. The van der Waals surface area contributed by atoms with Crippen LogP contribution in [0, 0.1) is 5.82 Å². The third kappa shape index (κ3) is 2.79. The Bertz CT molecular complexity index is 560. The first-order valence-electron chi connectivity index (χ1n) is 5.33. The van der Waals surface area contributed by atoms with Gasteiger partial charge in [0.15, 0.2) is 0 Å². The van der Waals surface area contributed by atoms with Gasteiger partial charge in [-0.2, -0.15) is 0 Å². The Balaban J connectivity index is 2.29. The van der Waals surface area contributed by atoms with Crippen molar-refractivity contribution in [2.75, 3.05) is 0 Å². The summed E-state index contributed by atoms with van der Waals surface area (Å²) in [6.45, 7) is 0.816. The Kier molecular flexibility index (Phi) is 3.35. The molecule has 1 heterocycles. The van der Waals surface area contributed by atoms with Crippen molar-refractivity contribution in [2.45, 2.75) is 13.1 Å². The number of pyridine rings is 1. The van der Waals surface area contributed by atoms with Crippen molar-refractivity contribution in [3.63, 3.8) is 0 Å². The third-order valence-corrected chi connectivity index (χ3v) is 2.55. The van der Waals surface area contributed by atoms with Gasteiger partial charge in [0.2, 0.25) is 0 Å². The van der Waals surface area contributed by atoms with Crippen LogP contribution in [-0.2, 0) is 13.1 Å². The summed E-state index contributed by atoms with van der Waals surface area (Å²) in [6.07, 6.45) is 1.73. The number of aromatic nitrogens is 1. The number of nitrogens with zero attached hydrogens (tertiary/aromatic N) is 1. The van der Waals surface area contributed by atoms with Gasteiger partial charge in [0.1, 0.15) is 5.82 Å². The van der Waals surface area contributed by atoms with E-state index in [9.17, 15) is 9.18 Å². The molecule has 0 aliphatic carbocycles. The largest absolute Gasteiger partial charge is 0.326 e. The highest BCUT2D eigenvalue weighted by atomic mass is 19.1. The molecule has 0 bridgehead atoms. The zero-order valence-electron chi connectivity index (χ0n) is 9.27. The van der Waals surface area contributed by atoms with E-state index in [4.69, 9.17) is 5.73 Å². The molecule has 0 aliphatic rings. The van der Waals surface area contributed by atoms with Crippen LogP contribution in [0.15, 0.2) is 47.4 Å². The van der Waals surface area contributed by atoms with Crippen LogP contribution < -0.4 is 11.3 Å². The zero-order chi connectivity index (χ0) is 12.3. The molecule has 0 fully saturated rings. The number of rotatable bonds is 3. The normalized spacial score (nSPS) is 10.5. The predicted molar refractivity (Wildman–Crippen MR) is 64.1 cm³/mol. The fourth-order valence-electron chi connectivity index (χ4n) is 1.61. The van der Waals surface area contributed by atoms with E-state index in [1.54, 1.807) is 29.0 Å². The quantitative estimate of drug-likeness (QED) is 0.871. The number of benzene rings is 1. The summed E-state index contributed by atoms with van der Waals surface area (Å²) in [5, 5.41) is 0. The zero-order valence-corrected chi connectivity index (χ0v) is 9.27. The minimum atomic E-state index is -0.281. The first-order valence-corrected chi connectivity index (χ1v) is 5.33. The van der Waals surface area contributed by atoms with Crippen molar-refractivity contribution in [2.24, 2.45) is 5.73 Å². The summed E-state index contributed by atoms with van der Waals surface area (Å²) in [5.74, 6) is -0.281. The molecule has 1 aromatic heterocycles. The van der Waals surface area contributed by atoms with Crippen LogP contribution in [-0.4, -0.2) is 4.57 Å². The smallest absolute Gasteiger partial charge is 0.250 e. The number of halogens is 1. The average molecular weight is 232 g/mol. The summed E-state index contributed by atoms with van der Waals surface area (Å²) >= 11 is 0. The van der Waals surface area contributed by atoms with Crippen molar-refractivity contribution in [3.8, 4) is 0 Å². The predicted octanol–water partition coefficient (Wildman–Crippen LogP) is 1.49. The van der Waals surface area contributed by atoms with Gasteiger partial charge in [0.25, 0.3) is 5.56 Å². The molecule has 3 nitrogen and oxygen atoms in total. The van der Waals surface area contributed by atoms with Gasteiger partial charge < -0.3 is 10.3 Å². The second-order valence-electron chi connectivity index (χ2n) is 3.83. The molecule has 0 radical (unpaired) electrons. The molecule has 4 heteroatoms. The first kappa shape index (κ1) is 11.5. The third-order valence-electron chi connectivity index (χ3n) is 2.55. The van der Waals surface area contributed by atoms with Crippen LogP contribution in [0.5, 0.6) is 0 Å². The van der Waals surface area contributed by atoms with Crippen molar-refractivity contribution in [1.82, 2.24) is 4.57 Å². The maximum atomic E-state index is 12.7. The van der Waals surface area contributed by atoms with Crippen molar-refractivity contribution >= 4 is 0 Å². The van der Waals surface area contributed by atoms with E-state index in [-0.39, 0.29) is 11.4 Å². The highest BCUT2D eigenvalue weighted by Gasteiger charge is 2.00. The van der Waals surface area contributed by atoms with E-state index >= 15 is 0 Å². The first-order chi connectivity index (χ1) is 8.19. The van der Waals surface area contributed by atoms with Gasteiger partial charge >= 0.3 is 0 Å². The van der Waals surface area contributed by atoms with Gasteiger partial charge in [0, 0.05) is 18.8 Å². The highest BCUT2D eigenvalue weighted by Crippen LogP contribution is 2.04. The molecule has 1 aromatic carbocycles. The van der Waals surface area contributed by atoms with E-state index in [2.05, 4.69) is 0 Å². The van der Waals surface area contributed by atoms with E-state index < -0.39 is 0 Å². The monoisotopic (exact) mass is 232 g/mol. The second kappa shape index (κ2) is 4.93. The Hall–Kier alpha value is -1.94. The molecule has 2 rings (SSSR count). The van der Waals surface area contributed by atoms with E-state index in [1.807, 2.05) is 0 Å². The number of nitrogens with two attached hydrogens (primary N) is 1. The van der Waals surface area contributed by atoms with E-state index in [0.717, 1.165) is 11.1 Å². The number of hydrogen-bond donors (Lipinski definition) is 1. The fraction of sp³-hybridized carbons (Fsp3) is 0.154. The molecular weight excluding hydrogens is 219 g/mol. The van der Waals surface area contributed by atoms with E-state index in [1.165, 1.54) is 18.2 Å². The molecular formula is C13H13FN2O. The molecule has 17 heavy (non-hydrogen) atoms.